The van der Waals surface area contributed by atoms with E-state index in [1.807, 2.05) is 30.5 Å². The van der Waals surface area contributed by atoms with Crippen molar-refractivity contribution >= 4 is 17.7 Å². The predicted molar refractivity (Wildman–Crippen MR) is 72.4 cm³/mol. The second kappa shape index (κ2) is 5.92. The van der Waals surface area contributed by atoms with Crippen molar-refractivity contribution in [3.63, 3.8) is 0 Å². The van der Waals surface area contributed by atoms with E-state index in [-0.39, 0.29) is 17.9 Å². The first-order valence-corrected chi connectivity index (χ1v) is 7.32. The second-order valence-electron chi connectivity index (χ2n) is 4.45. The predicted octanol–water partition coefficient (Wildman–Crippen LogP) is 2.83. The lowest BCUT2D eigenvalue weighted by atomic mass is 10.1. The summed E-state index contributed by atoms with van der Waals surface area (Å²) in [5.41, 5.74) is 0.702. The zero-order valence-electron chi connectivity index (χ0n) is 10.3. The summed E-state index contributed by atoms with van der Waals surface area (Å²) in [6.45, 7) is 0. The number of nitrogens with one attached hydrogen (secondary N) is 1. The molecule has 94 valence electrons. The Bertz CT molecular complexity index is 481. The fraction of sp³-hybridized carbons (Fsp3) is 0.429. The molecule has 1 aromatic rings. The van der Waals surface area contributed by atoms with Crippen LogP contribution in [0.3, 0.4) is 0 Å². The molecule has 1 N–H and O–H groups in total. The van der Waals surface area contributed by atoms with E-state index in [4.69, 9.17) is 5.26 Å². The van der Waals surface area contributed by atoms with Crippen molar-refractivity contribution in [3.8, 4) is 6.07 Å². The lowest BCUT2D eigenvalue weighted by molar-refractivity contribution is 0.0930. The maximum Gasteiger partial charge on any atom is 0.252 e. The van der Waals surface area contributed by atoms with Crippen LogP contribution in [0.25, 0.3) is 0 Å². The Hall–Kier alpha value is -1.47. The van der Waals surface area contributed by atoms with Gasteiger partial charge >= 0.3 is 0 Å². The van der Waals surface area contributed by atoms with Gasteiger partial charge in [-0.3, -0.25) is 4.79 Å². The minimum atomic E-state index is -0.0629. The molecule has 18 heavy (non-hydrogen) atoms. The molecule has 0 aromatic heterocycles. The average Bonchev–Trinajstić information content (AvgIpc) is 2.85. The fourth-order valence-corrected chi connectivity index (χ4v) is 2.96. The number of nitrogens with zero attached hydrogens (tertiary/aromatic N) is 1. The first kappa shape index (κ1) is 13.0. The van der Waals surface area contributed by atoms with E-state index < -0.39 is 0 Å². The zero-order chi connectivity index (χ0) is 13.0. The summed E-state index contributed by atoms with van der Waals surface area (Å²) in [4.78, 5) is 13.2. The highest BCUT2D eigenvalue weighted by molar-refractivity contribution is 7.98. The van der Waals surface area contributed by atoms with Crippen molar-refractivity contribution in [1.82, 2.24) is 5.32 Å². The van der Waals surface area contributed by atoms with Crippen LogP contribution in [0.15, 0.2) is 29.2 Å². The first-order valence-electron chi connectivity index (χ1n) is 6.09. The van der Waals surface area contributed by atoms with E-state index in [0.29, 0.717) is 5.56 Å². The van der Waals surface area contributed by atoms with Gasteiger partial charge in [0.05, 0.1) is 17.6 Å². The van der Waals surface area contributed by atoms with Crippen molar-refractivity contribution in [3.05, 3.63) is 29.8 Å². The number of nitriles is 1. The molecular weight excluding hydrogens is 244 g/mol. The van der Waals surface area contributed by atoms with Gasteiger partial charge in [0.25, 0.3) is 5.91 Å². The maximum atomic E-state index is 12.2. The Morgan fingerprint density at radius 1 is 1.44 bits per heavy atom. The quantitative estimate of drug-likeness (QED) is 0.850. The van der Waals surface area contributed by atoms with Crippen LogP contribution in [0.5, 0.6) is 0 Å². The van der Waals surface area contributed by atoms with Gasteiger partial charge in [-0.2, -0.15) is 5.26 Å². The number of thioether (sulfide) groups is 1. The van der Waals surface area contributed by atoms with E-state index in [2.05, 4.69) is 11.4 Å². The Labute approximate surface area is 112 Å². The molecule has 2 atom stereocenters. The van der Waals surface area contributed by atoms with E-state index in [0.717, 1.165) is 24.2 Å². The summed E-state index contributed by atoms with van der Waals surface area (Å²) in [7, 11) is 0. The van der Waals surface area contributed by atoms with Crippen molar-refractivity contribution in [2.24, 2.45) is 5.92 Å². The molecule has 1 aliphatic rings. The van der Waals surface area contributed by atoms with E-state index in [1.165, 1.54) is 0 Å². The summed E-state index contributed by atoms with van der Waals surface area (Å²) in [5, 5.41) is 12.0. The second-order valence-corrected chi connectivity index (χ2v) is 5.29. The molecule has 0 bridgehead atoms. The van der Waals surface area contributed by atoms with E-state index in [9.17, 15) is 4.79 Å². The summed E-state index contributed by atoms with van der Waals surface area (Å²) in [6, 6.07) is 9.86. The Morgan fingerprint density at radius 3 is 2.94 bits per heavy atom. The van der Waals surface area contributed by atoms with Gasteiger partial charge in [0, 0.05) is 10.9 Å². The van der Waals surface area contributed by atoms with E-state index >= 15 is 0 Å². The Kier molecular flexibility index (Phi) is 4.27. The van der Waals surface area contributed by atoms with Gasteiger partial charge in [-0.25, -0.2) is 0 Å². The molecule has 0 heterocycles. The van der Waals surface area contributed by atoms with Crippen molar-refractivity contribution in [2.75, 3.05) is 6.26 Å². The fourth-order valence-electron chi connectivity index (χ4n) is 2.37. The monoisotopic (exact) mass is 260 g/mol. The molecule has 0 radical (unpaired) electrons. The van der Waals surface area contributed by atoms with Crippen LogP contribution in [0.2, 0.25) is 0 Å². The number of rotatable bonds is 3. The van der Waals surface area contributed by atoms with Gasteiger partial charge in [-0.15, -0.1) is 11.8 Å². The molecule has 1 aromatic carbocycles. The molecule has 0 aliphatic heterocycles. The van der Waals surface area contributed by atoms with Crippen molar-refractivity contribution in [1.29, 1.82) is 5.26 Å². The van der Waals surface area contributed by atoms with Gasteiger partial charge in [0.2, 0.25) is 0 Å². The molecule has 4 heteroatoms. The number of amides is 1. The lowest BCUT2D eigenvalue weighted by Crippen LogP contribution is -2.37. The normalized spacial score (nSPS) is 22.4. The van der Waals surface area contributed by atoms with Gasteiger partial charge < -0.3 is 5.32 Å². The summed E-state index contributed by atoms with van der Waals surface area (Å²) in [5.74, 6) is -0.0949. The minimum absolute atomic E-state index is 0.0115. The van der Waals surface area contributed by atoms with Crippen molar-refractivity contribution < 1.29 is 4.79 Å². The molecular formula is C14H16N2OS. The highest BCUT2D eigenvalue weighted by Gasteiger charge is 2.28. The smallest absolute Gasteiger partial charge is 0.252 e. The van der Waals surface area contributed by atoms with Crippen LogP contribution in [-0.2, 0) is 0 Å². The third-order valence-corrected chi connectivity index (χ3v) is 4.15. The third kappa shape index (κ3) is 2.68. The van der Waals surface area contributed by atoms with Gasteiger partial charge in [0.1, 0.15) is 0 Å². The molecule has 1 fully saturated rings. The molecule has 0 spiro atoms. The molecule has 2 unspecified atom stereocenters. The van der Waals surface area contributed by atoms with Crippen LogP contribution in [0.4, 0.5) is 0 Å². The molecule has 2 rings (SSSR count). The number of carbonyl (C=O) groups excluding carboxylic acids is 1. The first-order chi connectivity index (χ1) is 8.76. The standard InChI is InChI=1S/C14H16N2OS/c1-18-13-8-3-2-6-11(13)14(17)16-12-7-4-5-10(12)9-15/h2-3,6,8,10,12H,4-5,7H2,1H3,(H,16,17). The lowest BCUT2D eigenvalue weighted by Gasteiger charge is -2.16. The third-order valence-electron chi connectivity index (χ3n) is 3.35. The topological polar surface area (TPSA) is 52.9 Å². The summed E-state index contributed by atoms with van der Waals surface area (Å²) in [6.07, 6.45) is 4.78. The number of carbonyl (C=O) groups is 1. The average molecular weight is 260 g/mol. The van der Waals surface area contributed by atoms with Crippen LogP contribution < -0.4 is 5.32 Å². The maximum absolute atomic E-state index is 12.2. The molecule has 1 saturated carbocycles. The Morgan fingerprint density at radius 2 is 2.22 bits per heavy atom. The number of hydrogen-bond donors (Lipinski definition) is 1. The van der Waals surface area contributed by atoms with Gasteiger partial charge in [0.15, 0.2) is 0 Å². The van der Waals surface area contributed by atoms with Crippen LogP contribution in [0, 0.1) is 17.2 Å². The van der Waals surface area contributed by atoms with Crippen LogP contribution in [-0.4, -0.2) is 18.2 Å². The molecule has 1 aliphatic carbocycles. The largest absolute Gasteiger partial charge is 0.348 e. The number of benzene rings is 1. The van der Waals surface area contributed by atoms with E-state index in [1.54, 1.807) is 11.8 Å². The Balaban J connectivity index is 2.10. The zero-order valence-corrected chi connectivity index (χ0v) is 11.2. The summed E-state index contributed by atoms with van der Waals surface area (Å²) >= 11 is 1.56. The molecule has 1 amide bonds. The SMILES string of the molecule is CSc1ccccc1C(=O)NC1CCCC1C#N. The number of hydrogen-bond acceptors (Lipinski definition) is 3. The molecule has 0 saturated heterocycles. The highest BCUT2D eigenvalue weighted by atomic mass is 32.2. The van der Waals surface area contributed by atoms with Gasteiger partial charge in [-0.1, -0.05) is 12.1 Å². The van der Waals surface area contributed by atoms with Crippen LogP contribution >= 0.6 is 11.8 Å². The summed E-state index contributed by atoms with van der Waals surface area (Å²) < 4.78 is 0. The minimum Gasteiger partial charge on any atom is -0.348 e. The van der Waals surface area contributed by atoms with Crippen LogP contribution in [0.1, 0.15) is 29.6 Å². The van der Waals surface area contributed by atoms with Gasteiger partial charge in [-0.05, 0) is 37.7 Å². The van der Waals surface area contributed by atoms with Crippen molar-refractivity contribution in [2.45, 2.75) is 30.2 Å². The highest BCUT2D eigenvalue weighted by Crippen LogP contribution is 2.26. The molecule has 3 nitrogen and oxygen atoms in total.